The van der Waals surface area contributed by atoms with Crippen molar-refractivity contribution < 1.29 is 0 Å². The van der Waals surface area contributed by atoms with E-state index in [9.17, 15) is 0 Å². The van der Waals surface area contributed by atoms with Gasteiger partial charge in [0.05, 0.1) is 33.3 Å². The first-order chi connectivity index (χ1) is 25.8. The van der Waals surface area contributed by atoms with Gasteiger partial charge in [-0.2, -0.15) is 0 Å². The molecule has 11 rings (SSSR count). The molecule has 0 spiro atoms. The van der Waals surface area contributed by atoms with Gasteiger partial charge in [0.15, 0.2) is 0 Å². The van der Waals surface area contributed by atoms with Crippen LogP contribution in [0.5, 0.6) is 0 Å². The maximum absolute atomic E-state index is 5.30. The molecule has 0 aliphatic rings. The highest BCUT2D eigenvalue weighted by atomic mass is 15.2. The van der Waals surface area contributed by atoms with E-state index in [2.05, 4.69) is 173 Å². The van der Waals surface area contributed by atoms with Gasteiger partial charge in [0.1, 0.15) is 5.82 Å². The number of para-hydroxylation sites is 3. The molecular weight excluding hydrogens is 635 g/mol. The molecule has 0 saturated carbocycles. The smallest absolute Gasteiger partial charge is 0.235 e. The van der Waals surface area contributed by atoms with Gasteiger partial charge in [-0.3, -0.25) is 9.13 Å². The lowest BCUT2D eigenvalue weighted by Gasteiger charge is -2.13. The van der Waals surface area contributed by atoms with Crippen molar-refractivity contribution >= 4 is 65.3 Å². The molecule has 0 fully saturated rings. The summed E-state index contributed by atoms with van der Waals surface area (Å²) in [4.78, 5) is 15.8. The Hall–Kier alpha value is -7.11. The van der Waals surface area contributed by atoms with Crippen molar-refractivity contribution in [2.24, 2.45) is 0 Å². The molecule has 0 unspecified atom stereocenters. The Balaban J connectivity index is 1.25. The Bertz CT molecular complexity index is 3160. The summed E-state index contributed by atoms with van der Waals surface area (Å²) in [5.41, 5.74) is 9.24. The summed E-state index contributed by atoms with van der Waals surface area (Å²) >= 11 is 0. The fraction of sp³-hybridized carbons (Fsp3) is 0. The van der Waals surface area contributed by atoms with Crippen LogP contribution >= 0.6 is 0 Å². The molecule has 0 aliphatic heterocycles. The van der Waals surface area contributed by atoms with E-state index < -0.39 is 0 Å². The number of nitrogens with zero attached hydrogens (tertiary/aromatic N) is 5. The molecule has 3 aromatic heterocycles. The van der Waals surface area contributed by atoms with Gasteiger partial charge in [-0.05, 0) is 52.6 Å². The Labute approximate surface area is 298 Å². The van der Waals surface area contributed by atoms with Gasteiger partial charge in [-0.1, -0.05) is 140 Å². The molecule has 0 amide bonds. The third-order valence-electron chi connectivity index (χ3n) is 10.3. The van der Waals surface area contributed by atoms with E-state index in [1.807, 2.05) is 12.1 Å². The van der Waals surface area contributed by atoms with Crippen LogP contribution in [-0.2, 0) is 0 Å². The van der Waals surface area contributed by atoms with E-state index in [-0.39, 0.29) is 0 Å². The molecule has 11 aromatic rings. The second kappa shape index (κ2) is 11.2. The first-order valence-electron chi connectivity index (χ1n) is 17.6. The Morgan fingerprint density at radius 2 is 1.00 bits per heavy atom. The van der Waals surface area contributed by atoms with Crippen molar-refractivity contribution in [2.75, 3.05) is 0 Å². The largest absolute Gasteiger partial charge is 0.292 e. The SMILES string of the molecule is c1ccc(-c2nc(-n3c4ccccc4c4c5ccc6ccc7nc(-c8ccccc8)n(-c8ccccc8)c7c6c5ccc43)nc3ccccc23)cc1. The zero-order valence-electron chi connectivity index (χ0n) is 28.0. The molecule has 0 saturated heterocycles. The molecule has 0 N–H and O–H groups in total. The van der Waals surface area contributed by atoms with Crippen LogP contribution in [0.1, 0.15) is 0 Å². The summed E-state index contributed by atoms with van der Waals surface area (Å²) in [5.74, 6) is 1.58. The number of aromatic nitrogens is 5. The summed E-state index contributed by atoms with van der Waals surface area (Å²) in [7, 11) is 0. The number of hydrogen-bond acceptors (Lipinski definition) is 3. The highest BCUT2D eigenvalue weighted by molar-refractivity contribution is 6.28. The van der Waals surface area contributed by atoms with Crippen molar-refractivity contribution in [1.82, 2.24) is 24.1 Å². The Morgan fingerprint density at radius 1 is 0.365 bits per heavy atom. The number of benzene rings is 8. The Morgan fingerprint density at radius 3 is 1.81 bits per heavy atom. The third-order valence-corrected chi connectivity index (χ3v) is 10.3. The van der Waals surface area contributed by atoms with Gasteiger partial charge in [0, 0.05) is 38.4 Å². The van der Waals surface area contributed by atoms with Crippen molar-refractivity contribution in [3.63, 3.8) is 0 Å². The van der Waals surface area contributed by atoms with Crippen LogP contribution in [0, 0.1) is 0 Å². The fourth-order valence-electron chi connectivity index (χ4n) is 8.06. The quantitative estimate of drug-likeness (QED) is 0.176. The van der Waals surface area contributed by atoms with Crippen LogP contribution in [0.3, 0.4) is 0 Å². The first kappa shape index (κ1) is 28.7. The van der Waals surface area contributed by atoms with Crippen molar-refractivity contribution in [3.8, 4) is 34.3 Å². The molecule has 0 bridgehead atoms. The molecule has 242 valence electrons. The van der Waals surface area contributed by atoms with E-state index >= 15 is 0 Å². The summed E-state index contributed by atoms with van der Waals surface area (Å²) in [5, 5.41) is 8.08. The fourth-order valence-corrected chi connectivity index (χ4v) is 8.06. The third kappa shape index (κ3) is 4.20. The Kier molecular flexibility index (Phi) is 6.18. The van der Waals surface area contributed by atoms with Crippen LogP contribution in [0.15, 0.2) is 176 Å². The molecule has 5 heteroatoms. The summed E-state index contributed by atoms with van der Waals surface area (Å²) in [6, 6.07) is 61.8. The van der Waals surface area contributed by atoms with Gasteiger partial charge >= 0.3 is 0 Å². The molecule has 5 nitrogen and oxygen atoms in total. The van der Waals surface area contributed by atoms with Gasteiger partial charge in [0.2, 0.25) is 5.95 Å². The lowest BCUT2D eigenvalue weighted by atomic mass is 9.97. The highest BCUT2D eigenvalue weighted by Gasteiger charge is 2.22. The van der Waals surface area contributed by atoms with Crippen LogP contribution in [0.4, 0.5) is 0 Å². The van der Waals surface area contributed by atoms with E-state index in [0.29, 0.717) is 5.95 Å². The molecule has 0 radical (unpaired) electrons. The molecule has 52 heavy (non-hydrogen) atoms. The number of fused-ring (bicyclic) bond motifs is 10. The maximum atomic E-state index is 5.30. The van der Waals surface area contributed by atoms with Crippen LogP contribution in [0.25, 0.3) is 99.6 Å². The summed E-state index contributed by atoms with van der Waals surface area (Å²) in [6.45, 7) is 0. The van der Waals surface area contributed by atoms with Crippen molar-refractivity contribution in [1.29, 1.82) is 0 Å². The molecule has 3 heterocycles. The standard InChI is InChI=1S/C47H29N5/c1-4-14-31(15-5-1)44-36-20-10-12-22-38(36)49-47(50-44)52-40-23-13-11-21-37(40)43-35-26-24-30-25-28-39-45(42(30)34(35)27-29-41(43)52)51(33-18-8-3-9-19-33)46(48-39)32-16-6-2-7-17-32/h1-29H. The lowest BCUT2D eigenvalue weighted by Crippen LogP contribution is -2.03. The van der Waals surface area contributed by atoms with E-state index in [0.717, 1.165) is 66.7 Å². The molecule has 0 atom stereocenters. The average Bonchev–Trinajstić information content (AvgIpc) is 3.78. The van der Waals surface area contributed by atoms with Gasteiger partial charge in [-0.25, -0.2) is 15.0 Å². The van der Waals surface area contributed by atoms with Gasteiger partial charge in [-0.15, -0.1) is 0 Å². The van der Waals surface area contributed by atoms with Gasteiger partial charge in [0.25, 0.3) is 0 Å². The minimum Gasteiger partial charge on any atom is -0.292 e. The molecular formula is C47H29N5. The minimum atomic E-state index is 0.654. The summed E-state index contributed by atoms with van der Waals surface area (Å²) < 4.78 is 4.56. The van der Waals surface area contributed by atoms with E-state index in [1.54, 1.807) is 0 Å². The second-order valence-corrected chi connectivity index (χ2v) is 13.2. The van der Waals surface area contributed by atoms with Crippen LogP contribution < -0.4 is 0 Å². The van der Waals surface area contributed by atoms with E-state index in [1.165, 1.54) is 26.9 Å². The monoisotopic (exact) mass is 663 g/mol. The number of rotatable bonds is 4. The minimum absolute atomic E-state index is 0.654. The zero-order valence-corrected chi connectivity index (χ0v) is 28.0. The number of hydrogen-bond donors (Lipinski definition) is 0. The average molecular weight is 664 g/mol. The topological polar surface area (TPSA) is 48.5 Å². The van der Waals surface area contributed by atoms with Crippen molar-refractivity contribution in [3.05, 3.63) is 176 Å². The zero-order chi connectivity index (χ0) is 34.2. The second-order valence-electron chi connectivity index (χ2n) is 13.2. The maximum Gasteiger partial charge on any atom is 0.235 e. The van der Waals surface area contributed by atoms with E-state index in [4.69, 9.17) is 15.0 Å². The normalized spacial score (nSPS) is 11.8. The predicted octanol–water partition coefficient (Wildman–Crippen LogP) is 11.7. The summed E-state index contributed by atoms with van der Waals surface area (Å²) in [6.07, 6.45) is 0. The van der Waals surface area contributed by atoms with Crippen LogP contribution in [-0.4, -0.2) is 24.1 Å². The highest BCUT2D eigenvalue weighted by Crippen LogP contribution is 2.42. The lowest BCUT2D eigenvalue weighted by molar-refractivity contribution is 1.01. The van der Waals surface area contributed by atoms with Crippen molar-refractivity contribution in [2.45, 2.75) is 0 Å². The predicted molar refractivity (Wildman–Crippen MR) is 214 cm³/mol. The molecule has 8 aromatic carbocycles. The van der Waals surface area contributed by atoms with Gasteiger partial charge < -0.3 is 0 Å². The molecule has 0 aliphatic carbocycles. The number of imidazole rings is 1. The van der Waals surface area contributed by atoms with Crippen LogP contribution in [0.2, 0.25) is 0 Å². The first-order valence-corrected chi connectivity index (χ1v) is 17.6.